The lowest BCUT2D eigenvalue weighted by Gasteiger charge is -2.69. The fourth-order valence-corrected chi connectivity index (χ4v) is 8.20. The molecule has 214 valence electrons. The summed E-state index contributed by atoms with van der Waals surface area (Å²) in [7, 11) is 0. The summed E-state index contributed by atoms with van der Waals surface area (Å²) < 4.78 is 18.2. The number of carbonyl (C=O) groups is 2. The van der Waals surface area contributed by atoms with E-state index >= 15 is 0 Å². The maximum atomic E-state index is 13.7. The molecule has 0 unspecified atom stereocenters. The number of esters is 2. The van der Waals surface area contributed by atoms with Gasteiger partial charge < -0.3 is 34.6 Å². The Kier molecular flexibility index (Phi) is 6.59. The molecule has 4 N–H and O–H groups in total. The first kappa shape index (κ1) is 28.2. The number of carbonyl (C=O) groups excluding carboxylic acids is 2. The van der Waals surface area contributed by atoms with E-state index in [4.69, 9.17) is 14.2 Å². The first-order valence-corrected chi connectivity index (χ1v) is 13.7. The molecule has 2 saturated carbocycles. The molecule has 1 aromatic rings. The highest BCUT2D eigenvalue weighted by Crippen LogP contribution is 2.66. The maximum Gasteiger partial charge on any atom is 0.338 e. The number of aliphatic hydroxyl groups is 4. The molecule has 1 saturated heterocycles. The number of rotatable bonds is 3. The fourth-order valence-electron chi connectivity index (χ4n) is 8.20. The van der Waals surface area contributed by atoms with Crippen LogP contribution < -0.4 is 0 Å². The Morgan fingerprint density at radius 3 is 2.28 bits per heavy atom. The molecular formula is C30H40O9. The van der Waals surface area contributed by atoms with Crippen molar-refractivity contribution in [3.63, 3.8) is 0 Å². The highest BCUT2D eigenvalue weighted by molar-refractivity contribution is 5.89. The minimum absolute atomic E-state index is 0.0206. The SMILES string of the molecule is CC(=O)O[C@@]12CO[C@@H]1C[C@H](C)[C@]1(C)[C@@H]2[C@H](OC(=O)c2ccccc2)[C@]2(O)C[C@H](O)C(C)=C([C@@H](O)[C@@H]1O)C2(C)C. The molecule has 9 nitrogen and oxygen atoms in total. The van der Waals surface area contributed by atoms with Crippen LogP contribution in [0.3, 0.4) is 0 Å². The number of ether oxygens (including phenoxy) is 3. The van der Waals surface area contributed by atoms with Crippen LogP contribution in [0.1, 0.15) is 64.7 Å². The summed E-state index contributed by atoms with van der Waals surface area (Å²) >= 11 is 0. The zero-order valence-electron chi connectivity index (χ0n) is 23.4. The Morgan fingerprint density at radius 1 is 1.08 bits per heavy atom. The number of benzene rings is 1. The Hall–Kier alpha value is -2.30. The third-order valence-electron chi connectivity index (χ3n) is 10.6. The van der Waals surface area contributed by atoms with Crippen LogP contribution in [-0.4, -0.2) is 80.7 Å². The van der Waals surface area contributed by atoms with E-state index in [0.29, 0.717) is 17.6 Å². The van der Waals surface area contributed by atoms with Crippen LogP contribution in [0.15, 0.2) is 41.5 Å². The third kappa shape index (κ3) is 3.70. The van der Waals surface area contributed by atoms with Gasteiger partial charge in [0.25, 0.3) is 0 Å². The van der Waals surface area contributed by atoms with Gasteiger partial charge >= 0.3 is 11.9 Å². The van der Waals surface area contributed by atoms with E-state index in [1.54, 1.807) is 58.0 Å². The van der Waals surface area contributed by atoms with Crippen molar-refractivity contribution in [2.75, 3.05) is 6.61 Å². The summed E-state index contributed by atoms with van der Waals surface area (Å²) in [5.74, 6) is -2.55. The van der Waals surface area contributed by atoms with Gasteiger partial charge in [-0.1, -0.05) is 45.9 Å². The highest BCUT2D eigenvalue weighted by atomic mass is 16.6. The van der Waals surface area contributed by atoms with Crippen molar-refractivity contribution in [1.29, 1.82) is 0 Å². The Morgan fingerprint density at radius 2 is 1.72 bits per heavy atom. The Labute approximate surface area is 228 Å². The van der Waals surface area contributed by atoms with Crippen LogP contribution in [0.25, 0.3) is 0 Å². The van der Waals surface area contributed by atoms with Gasteiger partial charge in [0.15, 0.2) is 5.60 Å². The van der Waals surface area contributed by atoms with Crippen LogP contribution in [-0.2, 0) is 19.0 Å². The average Bonchev–Trinajstić information content (AvgIpc) is 2.87. The van der Waals surface area contributed by atoms with Gasteiger partial charge in [0.05, 0.1) is 30.3 Å². The van der Waals surface area contributed by atoms with Crippen molar-refractivity contribution in [2.24, 2.45) is 22.7 Å². The van der Waals surface area contributed by atoms with Crippen molar-refractivity contribution in [2.45, 2.75) is 96.1 Å². The summed E-state index contributed by atoms with van der Waals surface area (Å²) in [5, 5.41) is 47.7. The zero-order chi connectivity index (χ0) is 28.7. The smallest absolute Gasteiger partial charge is 0.338 e. The molecule has 4 aliphatic rings. The van der Waals surface area contributed by atoms with Gasteiger partial charge in [-0.25, -0.2) is 4.79 Å². The van der Waals surface area contributed by atoms with Gasteiger partial charge in [-0.05, 0) is 42.5 Å². The third-order valence-corrected chi connectivity index (χ3v) is 10.6. The topological polar surface area (TPSA) is 143 Å². The van der Waals surface area contributed by atoms with Crippen LogP contribution >= 0.6 is 0 Å². The standard InChI is InChI=1S/C30H40O9/c1-15-12-20-29(14-37-20,39-17(3)31)23-25(38-26(35)18-10-8-7-9-11-18)30(36)13-19(32)16(2)21(27(30,4)5)22(33)24(34)28(15,23)6/h7-11,15,19-20,22-25,32-34,36H,12-14H2,1-6H3/t15-,19-,20+,22+,23-,24-,25-,28+,29-,30+/m0/s1. The summed E-state index contributed by atoms with van der Waals surface area (Å²) in [5.41, 5.74) is -4.65. The molecule has 9 heteroatoms. The van der Waals surface area contributed by atoms with Crippen LogP contribution in [0, 0.1) is 22.7 Å². The van der Waals surface area contributed by atoms with Crippen molar-refractivity contribution in [1.82, 2.24) is 0 Å². The van der Waals surface area contributed by atoms with Crippen molar-refractivity contribution in [3.05, 3.63) is 47.0 Å². The van der Waals surface area contributed by atoms with Crippen molar-refractivity contribution < 1.29 is 44.2 Å². The molecule has 10 atom stereocenters. The second-order valence-corrected chi connectivity index (χ2v) is 12.8. The molecule has 39 heavy (non-hydrogen) atoms. The molecule has 0 radical (unpaired) electrons. The molecule has 5 rings (SSSR count). The normalized spacial score (nSPS) is 44.6. The van der Waals surface area contributed by atoms with E-state index in [-0.39, 0.29) is 24.5 Å². The second-order valence-electron chi connectivity index (χ2n) is 12.8. The van der Waals surface area contributed by atoms with E-state index in [2.05, 4.69) is 0 Å². The first-order chi connectivity index (χ1) is 18.1. The maximum absolute atomic E-state index is 13.7. The summed E-state index contributed by atoms with van der Waals surface area (Å²) in [6.07, 6.45) is -5.68. The molecule has 1 aliphatic heterocycles. The van der Waals surface area contributed by atoms with Gasteiger partial charge in [0, 0.05) is 24.2 Å². The predicted octanol–water partition coefficient (Wildman–Crippen LogP) is 2.15. The van der Waals surface area contributed by atoms with Gasteiger partial charge in [-0.15, -0.1) is 0 Å². The van der Waals surface area contributed by atoms with Crippen LogP contribution in [0.4, 0.5) is 0 Å². The molecule has 2 bridgehead atoms. The molecule has 3 aliphatic carbocycles. The van der Waals surface area contributed by atoms with Gasteiger partial charge in [0.1, 0.15) is 23.9 Å². The zero-order valence-corrected chi connectivity index (χ0v) is 23.4. The fraction of sp³-hybridized carbons (Fsp3) is 0.667. The van der Waals surface area contributed by atoms with E-state index in [1.165, 1.54) is 6.92 Å². The molecule has 0 aromatic heterocycles. The second kappa shape index (κ2) is 9.11. The summed E-state index contributed by atoms with van der Waals surface area (Å²) in [6, 6.07) is 8.37. The van der Waals surface area contributed by atoms with E-state index in [1.807, 2.05) is 6.92 Å². The predicted molar refractivity (Wildman–Crippen MR) is 139 cm³/mol. The number of aliphatic hydroxyl groups excluding tert-OH is 3. The van der Waals surface area contributed by atoms with E-state index < -0.39 is 70.4 Å². The lowest BCUT2D eigenvalue weighted by atomic mass is 9.43. The van der Waals surface area contributed by atoms with Gasteiger partial charge in [-0.2, -0.15) is 0 Å². The molecule has 1 aromatic carbocycles. The molecule has 1 heterocycles. The lowest BCUT2D eigenvalue weighted by molar-refractivity contribution is -0.358. The minimum atomic E-state index is -1.91. The largest absolute Gasteiger partial charge is 0.455 e. The molecule has 0 amide bonds. The first-order valence-electron chi connectivity index (χ1n) is 13.7. The van der Waals surface area contributed by atoms with Crippen molar-refractivity contribution in [3.8, 4) is 0 Å². The van der Waals surface area contributed by atoms with E-state index in [9.17, 15) is 30.0 Å². The number of fused-ring (bicyclic) bond motifs is 5. The number of hydrogen-bond acceptors (Lipinski definition) is 9. The highest BCUT2D eigenvalue weighted by Gasteiger charge is 2.76. The molecule has 3 fully saturated rings. The van der Waals surface area contributed by atoms with Gasteiger partial charge in [0.2, 0.25) is 0 Å². The number of hydrogen-bond donors (Lipinski definition) is 4. The van der Waals surface area contributed by atoms with Crippen LogP contribution in [0.2, 0.25) is 0 Å². The quantitative estimate of drug-likeness (QED) is 0.332. The van der Waals surface area contributed by atoms with Crippen molar-refractivity contribution >= 4 is 11.9 Å². The van der Waals surface area contributed by atoms with Crippen LogP contribution in [0.5, 0.6) is 0 Å². The summed E-state index contributed by atoms with van der Waals surface area (Å²) in [4.78, 5) is 26.2. The Bertz CT molecular complexity index is 1190. The Balaban J connectivity index is 1.80. The van der Waals surface area contributed by atoms with Gasteiger partial charge in [-0.3, -0.25) is 4.79 Å². The monoisotopic (exact) mass is 544 g/mol. The average molecular weight is 545 g/mol. The minimum Gasteiger partial charge on any atom is -0.455 e. The molecular weight excluding hydrogens is 504 g/mol. The lowest BCUT2D eigenvalue weighted by Crippen LogP contribution is -2.81. The molecule has 0 spiro atoms. The summed E-state index contributed by atoms with van der Waals surface area (Å²) in [6.45, 7) is 10.1. The van der Waals surface area contributed by atoms with E-state index in [0.717, 1.165) is 0 Å².